The van der Waals surface area contributed by atoms with Crippen molar-refractivity contribution in [2.24, 2.45) is 5.92 Å². The quantitative estimate of drug-likeness (QED) is 0.429. The summed E-state index contributed by atoms with van der Waals surface area (Å²) in [5.41, 5.74) is 0. The number of nitrogens with one attached hydrogen (secondary N) is 1. The van der Waals surface area contributed by atoms with Gasteiger partial charge in [0.15, 0.2) is 0 Å². The molecule has 0 bridgehead atoms. The molecule has 1 saturated carbocycles. The van der Waals surface area contributed by atoms with Crippen molar-refractivity contribution in [3.63, 3.8) is 0 Å². The predicted octanol–water partition coefficient (Wildman–Crippen LogP) is 4.68. The highest BCUT2D eigenvalue weighted by atomic mass is 14.9. The minimum atomic E-state index is 0.760. The second-order valence-corrected chi connectivity index (χ2v) is 5.60. The van der Waals surface area contributed by atoms with Crippen LogP contribution < -0.4 is 5.32 Å². The Bertz CT molecular complexity index is 182. The summed E-state index contributed by atoms with van der Waals surface area (Å²) >= 11 is 0. The largest absolute Gasteiger partial charge is 0.314 e. The lowest BCUT2D eigenvalue weighted by Gasteiger charge is -2.20. The van der Waals surface area contributed by atoms with E-state index in [1.54, 1.807) is 0 Å². The fourth-order valence-corrected chi connectivity index (χ4v) is 2.94. The van der Waals surface area contributed by atoms with Crippen molar-refractivity contribution in [1.29, 1.82) is 0 Å². The lowest BCUT2D eigenvalue weighted by molar-refractivity contribution is 0.384. The lowest BCUT2D eigenvalue weighted by Crippen LogP contribution is -2.30. The van der Waals surface area contributed by atoms with Gasteiger partial charge in [0.1, 0.15) is 0 Å². The summed E-state index contributed by atoms with van der Waals surface area (Å²) < 4.78 is 0. The van der Waals surface area contributed by atoms with E-state index in [2.05, 4.69) is 18.8 Å². The first-order valence-electron chi connectivity index (χ1n) is 7.71. The van der Waals surface area contributed by atoms with Gasteiger partial charge in [0, 0.05) is 6.04 Å². The molecule has 100 valence electrons. The van der Waals surface area contributed by atoms with E-state index in [0.717, 1.165) is 12.0 Å². The first-order valence-corrected chi connectivity index (χ1v) is 7.71. The number of allylic oxidation sites excluding steroid dienone is 1. The van der Waals surface area contributed by atoms with Crippen molar-refractivity contribution in [2.45, 2.75) is 77.2 Å². The van der Waals surface area contributed by atoms with Crippen LogP contribution in [0.4, 0.5) is 0 Å². The molecule has 0 aliphatic heterocycles. The SMILES string of the molecule is C=CCCCC(CCC1CCCC1)NCCC. The standard InChI is InChI=1S/C16H31N/c1-3-5-6-11-16(17-14-4-2)13-12-15-9-7-8-10-15/h3,15-17H,1,4-14H2,2H3. The summed E-state index contributed by atoms with van der Waals surface area (Å²) in [6.45, 7) is 7.25. The Morgan fingerprint density at radius 2 is 2.06 bits per heavy atom. The fraction of sp³-hybridized carbons (Fsp3) is 0.875. The molecule has 1 unspecified atom stereocenters. The second kappa shape index (κ2) is 9.70. The highest BCUT2D eigenvalue weighted by Crippen LogP contribution is 2.29. The molecule has 1 N–H and O–H groups in total. The van der Waals surface area contributed by atoms with Crippen molar-refractivity contribution < 1.29 is 0 Å². The summed E-state index contributed by atoms with van der Waals surface area (Å²) in [4.78, 5) is 0. The lowest BCUT2D eigenvalue weighted by atomic mass is 9.96. The van der Waals surface area contributed by atoms with Gasteiger partial charge < -0.3 is 5.32 Å². The average molecular weight is 237 g/mol. The summed E-state index contributed by atoms with van der Waals surface area (Å²) in [7, 11) is 0. The Kier molecular flexibility index (Phi) is 8.42. The van der Waals surface area contributed by atoms with Crippen LogP contribution in [0.3, 0.4) is 0 Å². The molecular weight excluding hydrogens is 206 g/mol. The van der Waals surface area contributed by atoms with Crippen LogP contribution in [0.15, 0.2) is 12.7 Å². The Labute approximate surface area is 108 Å². The van der Waals surface area contributed by atoms with Gasteiger partial charge in [-0.3, -0.25) is 0 Å². The van der Waals surface area contributed by atoms with Gasteiger partial charge in [-0.15, -0.1) is 6.58 Å². The highest BCUT2D eigenvalue weighted by molar-refractivity contribution is 4.74. The summed E-state index contributed by atoms with van der Waals surface area (Å²) in [6, 6.07) is 0.760. The van der Waals surface area contributed by atoms with Gasteiger partial charge in [0.05, 0.1) is 0 Å². The molecule has 0 spiro atoms. The zero-order chi connectivity index (χ0) is 12.3. The van der Waals surface area contributed by atoms with E-state index in [4.69, 9.17) is 0 Å². The Morgan fingerprint density at radius 3 is 2.71 bits per heavy atom. The van der Waals surface area contributed by atoms with E-state index in [-0.39, 0.29) is 0 Å². The van der Waals surface area contributed by atoms with E-state index in [9.17, 15) is 0 Å². The Morgan fingerprint density at radius 1 is 1.29 bits per heavy atom. The van der Waals surface area contributed by atoms with Crippen molar-refractivity contribution in [3.8, 4) is 0 Å². The third-order valence-electron chi connectivity index (χ3n) is 4.04. The highest BCUT2D eigenvalue weighted by Gasteiger charge is 2.16. The van der Waals surface area contributed by atoms with Gasteiger partial charge in [-0.1, -0.05) is 38.7 Å². The maximum absolute atomic E-state index is 3.81. The summed E-state index contributed by atoms with van der Waals surface area (Å²) in [5, 5.41) is 3.72. The van der Waals surface area contributed by atoms with E-state index >= 15 is 0 Å². The van der Waals surface area contributed by atoms with Gasteiger partial charge in [-0.05, 0) is 51.0 Å². The van der Waals surface area contributed by atoms with Crippen LogP contribution >= 0.6 is 0 Å². The molecule has 1 fully saturated rings. The molecular formula is C16H31N. The molecule has 17 heavy (non-hydrogen) atoms. The maximum Gasteiger partial charge on any atom is 0.00672 e. The Balaban J connectivity index is 2.15. The second-order valence-electron chi connectivity index (χ2n) is 5.60. The molecule has 0 aromatic rings. The molecule has 0 heterocycles. The zero-order valence-electron chi connectivity index (χ0n) is 11.7. The molecule has 1 nitrogen and oxygen atoms in total. The minimum Gasteiger partial charge on any atom is -0.314 e. The van der Waals surface area contributed by atoms with Crippen LogP contribution in [0, 0.1) is 5.92 Å². The van der Waals surface area contributed by atoms with Crippen LogP contribution in [-0.2, 0) is 0 Å². The Hall–Kier alpha value is -0.300. The number of hydrogen-bond acceptors (Lipinski definition) is 1. The molecule has 1 atom stereocenters. The molecule has 1 aliphatic rings. The predicted molar refractivity (Wildman–Crippen MR) is 77.3 cm³/mol. The first kappa shape index (κ1) is 14.8. The van der Waals surface area contributed by atoms with Crippen LogP contribution in [0.25, 0.3) is 0 Å². The third-order valence-corrected chi connectivity index (χ3v) is 4.04. The molecule has 0 aromatic heterocycles. The number of unbranched alkanes of at least 4 members (excludes halogenated alkanes) is 1. The van der Waals surface area contributed by atoms with Crippen LogP contribution in [-0.4, -0.2) is 12.6 Å². The van der Waals surface area contributed by atoms with Gasteiger partial charge in [0.25, 0.3) is 0 Å². The van der Waals surface area contributed by atoms with Crippen LogP contribution in [0.5, 0.6) is 0 Å². The van der Waals surface area contributed by atoms with Crippen molar-refractivity contribution >= 4 is 0 Å². The monoisotopic (exact) mass is 237 g/mol. The smallest absolute Gasteiger partial charge is 0.00672 e. The average Bonchev–Trinajstić information content (AvgIpc) is 2.85. The number of hydrogen-bond donors (Lipinski definition) is 1. The van der Waals surface area contributed by atoms with E-state index in [0.29, 0.717) is 0 Å². The normalized spacial score (nSPS) is 18.4. The minimum absolute atomic E-state index is 0.760. The number of rotatable bonds is 10. The van der Waals surface area contributed by atoms with Crippen molar-refractivity contribution in [2.75, 3.05) is 6.54 Å². The summed E-state index contributed by atoms with van der Waals surface area (Å²) in [5.74, 6) is 1.04. The first-order chi connectivity index (χ1) is 8.36. The van der Waals surface area contributed by atoms with Crippen LogP contribution in [0.2, 0.25) is 0 Å². The molecule has 1 heteroatoms. The van der Waals surface area contributed by atoms with E-state index in [1.165, 1.54) is 70.8 Å². The molecule has 0 saturated heterocycles. The fourth-order valence-electron chi connectivity index (χ4n) is 2.94. The molecule has 0 amide bonds. The van der Waals surface area contributed by atoms with Crippen molar-refractivity contribution in [1.82, 2.24) is 5.32 Å². The van der Waals surface area contributed by atoms with Crippen molar-refractivity contribution in [3.05, 3.63) is 12.7 Å². The third kappa shape index (κ3) is 6.88. The molecule has 1 aliphatic carbocycles. The summed E-state index contributed by atoms with van der Waals surface area (Å²) in [6.07, 6.45) is 15.9. The van der Waals surface area contributed by atoms with Gasteiger partial charge >= 0.3 is 0 Å². The van der Waals surface area contributed by atoms with Crippen LogP contribution in [0.1, 0.15) is 71.1 Å². The van der Waals surface area contributed by atoms with E-state index in [1.807, 2.05) is 6.08 Å². The zero-order valence-corrected chi connectivity index (χ0v) is 11.7. The van der Waals surface area contributed by atoms with Gasteiger partial charge in [-0.2, -0.15) is 0 Å². The maximum atomic E-state index is 3.81. The van der Waals surface area contributed by atoms with Gasteiger partial charge in [-0.25, -0.2) is 0 Å². The topological polar surface area (TPSA) is 12.0 Å². The molecule has 0 radical (unpaired) electrons. The molecule has 1 rings (SSSR count). The van der Waals surface area contributed by atoms with Gasteiger partial charge in [0.2, 0.25) is 0 Å². The molecule has 0 aromatic carbocycles. The van der Waals surface area contributed by atoms with E-state index < -0.39 is 0 Å².